The zero-order valence-corrected chi connectivity index (χ0v) is 17.9. The fourth-order valence-corrected chi connectivity index (χ4v) is 3.77. The van der Waals surface area contributed by atoms with Crippen LogP contribution in [0.2, 0.25) is 0 Å². The van der Waals surface area contributed by atoms with Gasteiger partial charge in [0.15, 0.2) is 5.65 Å². The van der Waals surface area contributed by atoms with Crippen molar-refractivity contribution in [2.45, 2.75) is 44.3 Å². The molecule has 1 aliphatic rings. The van der Waals surface area contributed by atoms with Gasteiger partial charge in [0.2, 0.25) is 11.7 Å². The summed E-state index contributed by atoms with van der Waals surface area (Å²) < 4.78 is 34.1. The van der Waals surface area contributed by atoms with Gasteiger partial charge < -0.3 is 10.1 Å². The van der Waals surface area contributed by atoms with Crippen molar-refractivity contribution in [3.8, 4) is 24.3 Å². The maximum atomic E-state index is 14.9. The van der Waals surface area contributed by atoms with Gasteiger partial charge in [-0.05, 0) is 38.7 Å². The fraction of sp³-hybridized carbons (Fsp3) is 0.333. The molecule has 32 heavy (non-hydrogen) atoms. The molecule has 1 saturated carbocycles. The van der Waals surface area contributed by atoms with Gasteiger partial charge in [0, 0.05) is 16.7 Å². The minimum absolute atomic E-state index is 0.00797. The number of methoxy groups -OCH3 is 1. The number of aromatic nitrogens is 3. The number of halogens is 2. The highest BCUT2D eigenvalue weighted by Gasteiger charge is 2.47. The average molecular weight is 433 g/mol. The number of ether oxygens (including phenoxy) is 1. The Labute approximate surface area is 184 Å². The van der Waals surface area contributed by atoms with Crippen LogP contribution in [0.5, 0.6) is 5.88 Å². The number of alkyl halides is 1. The second kappa shape index (κ2) is 8.05. The number of rotatable bonds is 6. The Morgan fingerprint density at radius 1 is 1.22 bits per heavy atom. The second-order valence-electron chi connectivity index (χ2n) is 7.88. The molecule has 162 valence electrons. The van der Waals surface area contributed by atoms with Crippen molar-refractivity contribution in [3.05, 3.63) is 52.6 Å². The van der Waals surface area contributed by atoms with Crippen LogP contribution in [0.4, 0.5) is 14.6 Å². The van der Waals surface area contributed by atoms with Crippen LogP contribution in [0.1, 0.15) is 61.4 Å². The summed E-state index contributed by atoms with van der Waals surface area (Å²) >= 11 is 0. The summed E-state index contributed by atoms with van der Waals surface area (Å²) in [6.07, 6.45) is 5.50. The summed E-state index contributed by atoms with van der Waals surface area (Å²) in [4.78, 5) is 13.1. The Bertz CT molecular complexity index is 1290. The van der Waals surface area contributed by atoms with Crippen molar-refractivity contribution >= 4 is 16.9 Å². The van der Waals surface area contributed by atoms with Crippen LogP contribution in [0.15, 0.2) is 24.3 Å². The molecular weight excluding hydrogens is 412 g/mol. The molecule has 0 radical (unpaired) electrons. The number of anilines is 1. The number of hydrogen-bond acceptors (Lipinski definition) is 6. The molecule has 0 spiro atoms. The summed E-state index contributed by atoms with van der Waals surface area (Å²) in [6.45, 7) is 3.03. The summed E-state index contributed by atoms with van der Waals surface area (Å²) in [7, 11) is 1.48. The lowest BCUT2D eigenvalue weighted by atomic mass is 9.97. The van der Waals surface area contributed by atoms with Crippen molar-refractivity contribution in [1.82, 2.24) is 15.0 Å². The van der Waals surface area contributed by atoms with Gasteiger partial charge in [0.25, 0.3) is 0 Å². The number of hydrogen-bond donors (Lipinski definition) is 1. The first-order valence-corrected chi connectivity index (χ1v) is 10.2. The van der Waals surface area contributed by atoms with E-state index >= 15 is 0 Å². The summed E-state index contributed by atoms with van der Waals surface area (Å²) in [6, 6.07) is 8.19. The molecule has 3 aromatic rings. The van der Waals surface area contributed by atoms with E-state index in [0.717, 1.165) is 0 Å². The Balaban J connectivity index is 1.83. The highest BCUT2D eigenvalue weighted by molar-refractivity contribution is 5.88. The normalized spacial score (nSPS) is 16.0. The zero-order valence-electron chi connectivity index (χ0n) is 17.9. The molecule has 2 aromatic heterocycles. The Morgan fingerprint density at radius 2 is 1.94 bits per heavy atom. The molecule has 1 aromatic carbocycles. The average Bonchev–Trinajstić information content (AvgIpc) is 3.59. The van der Waals surface area contributed by atoms with E-state index in [1.807, 2.05) is 0 Å². The van der Waals surface area contributed by atoms with E-state index in [-0.39, 0.29) is 11.4 Å². The van der Waals surface area contributed by atoms with Crippen LogP contribution >= 0.6 is 0 Å². The summed E-state index contributed by atoms with van der Waals surface area (Å²) in [5, 5.41) is 13.4. The molecule has 2 heterocycles. The molecule has 1 N–H and O–H groups in total. The number of nitrogens with zero attached hydrogens (tertiary/aromatic N) is 4. The van der Waals surface area contributed by atoms with Crippen LogP contribution in [0.3, 0.4) is 0 Å². The predicted octanol–water partition coefficient (Wildman–Crippen LogP) is 4.91. The van der Waals surface area contributed by atoms with E-state index in [1.54, 1.807) is 25.1 Å². The number of fused-ring (bicyclic) bond motifs is 1. The van der Waals surface area contributed by atoms with E-state index in [2.05, 4.69) is 32.3 Å². The number of nitrogens with one attached hydrogen (secondary N) is 1. The molecule has 2 atom stereocenters. The summed E-state index contributed by atoms with van der Waals surface area (Å²) in [5.74, 6) is 2.54. The van der Waals surface area contributed by atoms with E-state index in [9.17, 15) is 14.0 Å². The van der Waals surface area contributed by atoms with Crippen LogP contribution in [0, 0.1) is 29.5 Å². The quantitative estimate of drug-likeness (QED) is 0.556. The highest BCUT2D eigenvalue weighted by Crippen LogP contribution is 2.51. The maximum Gasteiger partial charge on any atom is 0.220 e. The molecule has 4 rings (SSSR count). The van der Waals surface area contributed by atoms with Crippen molar-refractivity contribution in [3.63, 3.8) is 0 Å². The minimum atomic E-state index is -1.44. The molecule has 0 aliphatic heterocycles. The van der Waals surface area contributed by atoms with Gasteiger partial charge in [-0.2, -0.15) is 10.2 Å². The third kappa shape index (κ3) is 3.58. The lowest BCUT2D eigenvalue weighted by molar-refractivity contribution is 0.360. The predicted molar refractivity (Wildman–Crippen MR) is 116 cm³/mol. The first kappa shape index (κ1) is 21.5. The monoisotopic (exact) mass is 433 g/mol. The van der Waals surface area contributed by atoms with Gasteiger partial charge in [0.1, 0.15) is 17.8 Å². The number of pyridine rings is 1. The smallest absolute Gasteiger partial charge is 0.220 e. The molecule has 1 unspecified atom stereocenters. The highest BCUT2D eigenvalue weighted by atomic mass is 19.1. The Hall–Kier alpha value is -3.78. The van der Waals surface area contributed by atoms with Gasteiger partial charge in [0.05, 0.1) is 30.0 Å². The van der Waals surface area contributed by atoms with E-state index < -0.39 is 23.4 Å². The largest absolute Gasteiger partial charge is 0.481 e. The Morgan fingerprint density at radius 3 is 2.53 bits per heavy atom. The lowest BCUT2D eigenvalue weighted by Gasteiger charge is -2.19. The number of nitriles is 1. The standard InChI is InChI=1S/C24H21F2N5O/c1-5-19-29-21(28-14(3)16-8-6-7-15(13(2)25)20(16)26)17-11-18(24(12-27)9-10-24)23(32-4)31-22(17)30-19/h1,6-8,11,13-14H,9-10H2,2-4H3,(H,28,29,30,31)/t13?,14-/m1/s1. The van der Waals surface area contributed by atoms with Gasteiger partial charge in [-0.3, -0.25) is 0 Å². The molecular formula is C24H21F2N5O. The third-order valence-corrected chi connectivity index (χ3v) is 5.76. The number of terminal acetylenes is 1. The van der Waals surface area contributed by atoms with Crippen LogP contribution in [-0.2, 0) is 5.41 Å². The van der Waals surface area contributed by atoms with Crippen molar-refractivity contribution < 1.29 is 13.5 Å². The molecule has 0 bridgehead atoms. The maximum absolute atomic E-state index is 14.9. The topological polar surface area (TPSA) is 83.7 Å². The van der Waals surface area contributed by atoms with Gasteiger partial charge >= 0.3 is 0 Å². The molecule has 8 heteroatoms. The molecule has 0 saturated heterocycles. The fourth-order valence-electron chi connectivity index (χ4n) is 3.77. The first-order chi connectivity index (χ1) is 15.3. The zero-order chi connectivity index (χ0) is 23.0. The molecule has 1 fully saturated rings. The van der Waals surface area contributed by atoms with Gasteiger partial charge in [-0.25, -0.2) is 18.7 Å². The van der Waals surface area contributed by atoms with Crippen LogP contribution in [0.25, 0.3) is 11.0 Å². The molecule has 1 aliphatic carbocycles. The first-order valence-electron chi connectivity index (χ1n) is 10.2. The second-order valence-corrected chi connectivity index (χ2v) is 7.88. The lowest BCUT2D eigenvalue weighted by Crippen LogP contribution is -2.14. The molecule has 0 amide bonds. The molecule has 6 nitrogen and oxygen atoms in total. The van der Waals surface area contributed by atoms with Crippen molar-refractivity contribution in [2.75, 3.05) is 12.4 Å². The van der Waals surface area contributed by atoms with Gasteiger partial charge in [-0.1, -0.05) is 18.2 Å². The van der Waals surface area contributed by atoms with E-state index in [0.29, 0.717) is 46.7 Å². The number of benzene rings is 1. The summed E-state index contributed by atoms with van der Waals surface area (Å²) in [5.41, 5.74) is 0.577. The van der Waals surface area contributed by atoms with Crippen LogP contribution < -0.4 is 10.1 Å². The van der Waals surface area contributed by atoms with Crippen molar-refractivity contribution in [1.29, 1.82) is 5.26 Å². The van der Waals surface area contributed by atoms with E-state index in [4.69, 9.17) is 11.2 Å². The third-order valence-electron chi connectivity index (χ3n) is 5.76. The van der Waals surface area contributed by atoms with E-state index in [1.165, 1.54) is 20.1 Å². The Kier molecular flexibility index (Phi) is 5.40. The van der Waals surface area contributed by atoms with Crippen LogP contribution in [-0.4, -0.2) is 22.1 Å². The SMILES string of the molecule is C#Cc1nc(N[C@H](C)c2cccc(C(C)F)c2F)c2cc(C3(C#N)CC3)c(OC)nc2n1. The minimum Gasteiger partial charge on any atom is -0.481 e. The van der Waals surface area contributed by atoms with Gasteiger partial charge in [-0.15, -0.1) is 6.42 Å². The van der Waals surface area contributed by atoms with Crippen molar-refractivity contribution in [2.24, 2.45) is 0 Å².